The third kappa shape index (κ3) is 2.95. The fourth-order valence-electron chi connectivity index (χ4n) is 2.28. The number of piperidine rings is 1. The molecule has 1 saturated heterocycles. The Labute approximate surface area is 106 Å². The number of carbonyl (C=O) groups is 1. The van der Waals surface area contributed by atoms with Crippen LogP contribution in [0.2, 0.25) is 0 Å². The van der Waals surface area contributed by atoms with Crippen molar-refractivity contribution in [1.82, 2.24) is 15.1 Å². The highest BCUT2D eigenvalue weighted by molar-refractivity contribution is 5.85. The number of hydrogen-bond acceptors (Lipinski definition) is 5. The van der Waals surface area contributed by atoms with E-state index in [9.17, 15) is 4.79 Å². The van der Waals surface area contributed by atoms with E-state index >= 15 is 0 Å². The zero-order valence-electron chi connectivity index (χ0n) is 10.6. The molecule has 0 saturated carbocycles. The molecule has 2 atom stereocenters. The molecule has 2 N–H and O–H groups in total. The topological polar surface area (TPSA) is 78.4 Å². The minimum atomic E-state index is -1.05. The van der Waals surface area contributed by atoms with Crippen molar-refractivity contribution in [2.75, 3.05) is 25.5 Å². The molecule has 18 heavy (non-hydrogen) atoms. The average molecular weight is 250 g/mol. The van der Waals surface area contributed by atoms with Crippen molar-refractivity contribution in [3.05, 3.63) is 17.8 Å². The summed E-state index contributed by atoms with van der Waals surface area (Å²) in [5.74, 6) is 0.118. The van der Waals surface area contributed by atoms with Crippen LogP contribution in [0.1, 0.15) is 23.8 Å². The number of anilines is 1. The van der Waals surface area contributed by atoms with Gasteiger partial charge >= 0.3 is 5.97 Å². The molecule has 6 nitrogen and oxygen atoms in total. The summed E-state index contributed by atoms with van der Waals surface area (Å²) in [4.78, 5) is 13.0. The molecule has 1 aliphatic rings. The third-order valence-electron chi connectivity index (χ3n) is 3.33. The van der Waals surface area contributed by atoms with Gasteiger partial charge in [0.05, 0.1) is 0 Å². The molecule has 1 aliphatic heterocycles. The molecule has 1 aromatic heterocycles. The normalized spacial score (nSPS) is 24.8. The summed E-state index contributed by atoms with van der Waals surface area (Å²) in [6.45, 7) is 4.31. The minimum absolute atomic E-state index is 0.0306. The third-order valence-corrected chi connectivity index (χ3v) is 3.33. The maximum Gasteiger partial charge on any atom is 0.356 e. The van der Waals surface area contributed by atoms with Crippen molar-refractivity contribution in [2.45, 2.75) is 19.4 Å². The summed E-state index contributed by atoms with van der Waals surface area (Å²) in [7, 11) is 2.12. The van der Waals surface area contributed by atoms with Gasteiger partial charge < -0.3 is 15.3 Å². The van der Waals surface area contributed by atoms with Crippen LogP contribution in [0.25, 0.3) is 0 Å². The number of nitrogens with one attached hydrogen (secondary N) is 1. The van der Waals surface area contributed by atoms with Crippen molar-refractivity contribution in [1.29, 1.82) is 0 Å². The summed E-state index contributed by atoms with van der Waals surface area (Å²) in [5, 5.41) is 19.6. The minimum Gasteiger partial charge on any atom is -0.476 e. The fourth-order valence-corrected chi connectivity index (χ4v) is 2.28. The molecule has 2 rings (SSSR count). The highest BCUT2D eigenvalue weighted by Crippen LogP contribution is 2.19. The number of rotatable bonds is 3. The number of carboxylic acid groups (broad SMARTS) is 1. The fraction of sp³-hybridized carbons (Fsp3) is 0.583. The monoisotopic (exact) mass is 250 g/mol. The first kappa shape index (κ1) is 12.8. The van der Waals surface area contributed by atoms with Gasteiger partial charge in [0.25, 0.3) is 0 Å². The number of aromatic carboxylic acids is 1. The lowest BCUT2D eigenvalue weighted by Gasteiger charge is -2.35. The summed E-state index contributed by atoms with van der Waals surface area (Å²) in [6.07, 6.45) is 1.06. The molecule has 98 valence electrons. The van der Waals surface area contributed by atoms with Gasteiger partial charge in [0.2, 0.25) is 0 Å². The van der Waals surface area contributed by atoms with E-state index in [0.29, 0.717) is 17.8 Å². The first-order valence-electron chi connectivity index (χ1n) is 6.08. The van der Waals surface area contributed by atoms with E-state index in [1.807, 2.05) is 0 Å². The van der Waals surface area contributed by atoms with Crippen LogP contribution in [-0.2, 0) is 0 Å². The molecule has 1 aromatic rings. The Kier molecular flexibility index (Phi) is 3.76. The maximum atomic E-state index is 10.7. The van der Waals surface area contributed by atoms with Crippen molar-refractivity contribution in [3.63, 3.8) is 0 Å². The largest absolute Gasteiger partial charge is 0.476 e. The lowest BCUT2D eigenvalue weighted by Crippen LogP contribution is -2.43. The Morgan fingerprint density at radius 2 is 2.28 bits per heavy atom. The Balaban J connectivity index is 1.99. The van der Waals surface area contributed by atoms with Gasteiger partial charge in [0.1, 0.15) is 5.82 Å². The molecule has 0 radical (unpaired) electrons. The van der Waals surface area contributed by atoms with Gasteiger partial charge in [-0.2, -0.15) is 0 Å². The van der Waals surface area contributed by atoms with Crippen molar-refractivity contribution < 1.29 is 9.90 Å². The smallest absolute Gasteiger partial charge is 0.356 e. The molecule has 0 aliphatic carbocycles. The zero-order valence-corrected chi connectivity index (χ0v) is 10.6. The molecule has 1 fully saturated rings. The Morgan fingerprint density at radius 1 is 1.50 bits per heavy atom. The molecular weight excluding hydrogens is 232 g/mol. The van der Waals surface area contributed by atoms with E-state index in [-0.39, 0.29) is 5.69 Å². The van der Waals surface area contributed by atoms with E-state index in [1.54, 1.807) is 6.07 Å². The van der Waals surface area contributed by atoms with Gasteiger partial charge in [-0.05, 0) is 38.1 Å². The van der Waals surface area contributed by atoms with Gasteiger partial charge in [-0.15, -0.1) is 10.2 Å². The first-order valence-corrected chi connectivity index (χ1v) is 6.08. The van der Waals surface area contributed by atoms with Crippen LogP contribution in [0.15, 0.2) is 12.1 Å². The number of carboxylic acids is 1. The Morgan fingerprint density at radius 3 is 2.83 bits per heavy atom. The van der Waals surface area contributed by atoms with Gasteiger partial charge in [0.15, 0.2) is 5.69 Å². The Hall–Kier alpha value is -1.69. The summed E-state index contributed by atoms with van der Waals surface area (Å²) in [6, 6.07) is 3.50. The second-order valence-electron chi connectivity index (χ2n) is 4.89. The molecule has 0 amide bonds. The van der Waals surface area contributed by atoms with Crippen LogP contribution in [0.3, 0.4) is 0 Å². The number of hydrogen-bond donors (Lipinski definition) is 2. The molecule has 6 heteroatoms. The van der Waals surface area contributed by atoms with Crippen LogP contribution < -0.4 is 5.32 Å². The number of aromatic nitrogens is 2. The van der Waals surface area contributed by atoms with Crippen molar-refractivity contribution in [2.24, 2.45) is 5.92 Å². The van der Waals surface area contributed by atoms with E-state index in [0.717, 1.165) is 19.5 Å². The van der Waals surface area contributed by atoms with E-state index in [4.69, 9.17) is 5.11 Å². The molecule has 2 heterocycles. The van der Waals surface area contributed by atoms with E-state index < -0.39 is 5.97 Å². The zero-order chi connectivity index (χ0) is 13.1. The van der Waals surface area contributed by atoms with Gasteiger partial charge in [0, 0.05) is 12.6 Å². The maximum absolute atomic E-state index is 10.7. The van der Waals surface area contributed by atoms with Gasteiger partial charge in [-0.25, -0.2) is 4.79 Å². The van der Waals surface area contributed by atoms with E-state index in [1.165, 1.54) is 6.07 Å². The highest BCUT2D eigenvalue weighted by Gasteiger charge is 2.24. The van der Waals surface area contributed by atoms with Gasteiger partial charge in [-0.1, -0.05) is 6.92 Å². The highest BCUT2D eigenvalue weighted by atomic mass is 16.4. The average Bonchev–Trinajstić information content (AvgIpc) is 2.33. The summed E-state index contributed by atoms with van der Waals surface area (Å²) >= 11 is 0. The van der Waals surface area contributed by atoms with Crippen LogP contribution >= 0.6 is 0 Å². The second kappa shape index (κ2) is 5.30. The SMILES string of the molecule is CC1CN(C)CCC1Nc1ccc(C(=O)O)nn1. The van der Waals surface area contributed by atoms with Crippen molar-refractivity contribution in [3.8, 4) is 0 Å². The summed E-state index contributed by atoms with van der Waals surface area (Å²) < 4.78 is 0. The number of nitrogens with zero attached hydrogens (tertiary/aromatic N) is 3. The van der Waals surface area contributed by atoms with Crippen LogP contribution in [0.4, 0.5) is 5.82 Å². The van der Waals surface area contributed by atoms with Crippen LogP contribution in [-0.4, -0.2) is 52.4 Å². The van der Waals surface area contributed by atoms with Crippen LogP contribution in [0.5, 0.6) is 0 Å². The van der Waals surface area contributed by atoms with Crippen LogP contribution in [0, 0.1) is 5.92 Å². The Bertz CT molecular complexity index is 421. The number of likely N-dealkylation sites (tertiary alicyclic amines) is 1. The molecule has 2 unspecified atom stereocenters. The van der Waals surface area contributed by atoms with E-state index in [2.05, 4.69) is 34.4 Å². The molecule has 0 spiro atoms. The summed E-state index contributed by atoms with van der Waals surface area (Å²) in [5.41, 5.74) is -0.0306. The molecule has 0 aromatic carbocycles. The molecule has 0 bridgehead atoms. The quantitative estimate of drug-likeness (QED) is 0.830. The predicted molar refractivity (Wildman–Crippen MR) is 67.7 cm³/mol. The first-order chi connectivity index (χ1) is 8.56. The lowest BCUT2D eigenvalue weighted by molar-refractivity contribution is 0.0689. The standard InChI is InChI=1S/C12H18N4O2/c1-8-7-16(2)6-5-9(8)13-11-4-3-10(12(17)18)14-15-11/h3-4,8-9H,5-7H2,1-2H3,(H,13,15)(H,17,18). The van der Waals surface area contributed by atoms with Crippen molar-refractivity contribution >= 4 is 11.8 Å². The predicted octanol–water partition coefficient (Wildman–Crippen LogP) is 0.927. The molecular formula is C12H18N4O2. The second-order valence-corrected chi connectivity index (χ2v) is 4.89. The van der Waals surface area contributed by atoms with Gasteiger partial charge in [-0.3, -0.25) is 0 Å². The lowest BCUT2D eigenvalue weighted by atomic mass is 9.94.